The first-order valence-corrected chi connectivity index (χ1v) is 7.94. The predicted molar refractivity (Wildman–Crippen MR) is 84.6 cm³/mol. The van der Waals surface area contributed by atoms with Gasteiger partial charge in [-0.3, -0.25) is 9.63 Å². The minimum absolute atomic E-state index is 0.176. The molecule has 1 amide bonds. The molecule has 0 radical (unpaired) electrons. The van der Waals surface area contributed by atoms with Gasteiger partial charge in [0, 0.05) is 13.5 Å². The predicted octanol–water partition coefficient (Wildman–Crippen LogP) is 2.19. The summed E-state index contributed by atoms with van der Waals surface area (Å²) in [4.78, 5) is 17.0. The van der Waals surface area contributed by atoms with E-state index in [4.69, 9.17) is 4.84 Å². The summed E-state index contributed by atoms with van der Waals surface area (Å²) in [5, 5.41) is 1.18. The molecule has 1 aromatic carbocycles. The number of carbonyl (C=O) groups excluding carboxylic acids is 1. The molecular formula is C15H24N2O3S. The highest BCUT2D eigenvalue weighted by molar-refractivity contribution is 7.84. The van der Waals surface area contributed by atoms with E-state index >= 15 is 0 Å². The molecule has 0 fully saturated rings. The highest BCUT2D eigenvalue weighted by Crippen LogP contribution is 2.21. The quantitative estimate of drug-likeness (QED) is 0.819. The summed E-state index contributed by atoms with van der Waals surface area (Å²) in [5.41, 5.74) is 0.924. The fraction of sp³-hybridized carbons (Fsp3) is 0.533. The molecule has 1 unspecified atom stereocenters. The molecular weight excluding hydrogens is 288 g/mol. The second kappa shape index (κ2) is 7.68. The number of carbonyl (C=O) groups is 1. The molecule has 0 aromatic heterocycles. The van der Waals surface area contributed by atoms with Gasteiger partial charge in [0.15, 0.2) is 0 Å². The molecule has 0 aliphatic heterocycles. The van der Waals surface area contributed by atoms with E-state index in [1.54, 1.807) is 7.05 Å². The third-order valence-corrected chi connectivity index (χ3v) is 4.62. The van der Waals surface area contributed by atoms with Gasteiger partial charge in [0.1, 0.15) is 0 Å². The minimum atomic E-state index is -1.26. The van der Waals surface area contributed by atoms with E-state index < -0.39 is 15.7 Å². The average Bonchev–Trinajstić information content (AvgIpc) is 2.45. The minimum Gasteiger partial charge on any atom is -0.275 e. The first-order valence-electron chi connectivity index (χ1n) is 6.79. The van der Waals surface area contributed by atoms with Crippen LogP contribution in [0.25, 0.3) is 0 Å². The number of amides is 1. The Morgan fingerprint density at radius 2 is 1.90 bits per heavy atom. The summed E-state index contributed by atoms with van der Waals surface area (Å²) < 4.78 is 15.0. The molecule has 0 saturated carbocycles. The molecule has 118 valence electrons. The first kappa shape index (κ1) is 17.8. The van der Waals surface area contributed by atoms with Crippen LogP contribution in [-0.4, -0.2) is 34.1 Å². The summed E-state index contributed by atoms with van der Waals surface area (Å²) in [6.07, 6.45) is 0.177. The van der Waals surface area contributed by atoms with E-state index in [0.29, 0.717) is 0 Å². The molecule has 6 heteroatoms. The molecule has 0 bridgehead atoms. The fourth-order valence-electron chi connectivity index (χ4n) is 1.62. The van der Waals surface area contributed by atoms with Crippen molar-refractivity contribution in [3.63, 3.8) is 0 Å². The Bertz CT molecular complexity index is 485. The van der Waals surface area contributed by atoms with Gasteiger partial charge >= 0.3 is 0 Å². The van der Waals surface area contributed by atoms with Gasteiger partial charge in [-0.2, -0.15) is 0 Å². The molecule has 1 rings (SSSR count). The highest BCUT2D eigenvalue weighted by Gasteiger charge is 2.26. The van der Waals surface area contributed by atoms with Gasteiger partial charge in [0.05, 0.1) is 28.9 Å². The van der Waals surface area contributed by atoms with Gasteiger partial charge in [-0.05, 0) is 26.3 Å². The van der Waals surface area contributed by atoms with Crippen LogP contribution in [0.2, 0.25) is 0 Å². The maximum atomic E-state index is 12.3. The molecule has 0 saturated heterocycles. The van der Waals surface area contributed by atoms with Crippen molar-refractivity contribution < 1.29 is 13.8 Å². The smallest absolute Gasteiger partial charge is 0.247 e. The number of nitrogens with one attached hydrogen (secondary N) is 1. The second-order valence-corrected chi connectivity index (χ2v) is 7.74. The Hall–Kier alpha value is -1.24. The summed E-state index contributed by atoms with van der Waals surface area (Å²) >= 11 is 0. The van der Waals surface area contributed by atoms with Crippen LogP contribution in [0.15, 0.2) is 30.3 Å². The Balaban J connectivity index is 2.91. The lowest BCUT2D eigenvalue weighted by Gasteiger charge is -2.25. The maximum absolute atomic E-state index is 12.3. The largest absolute Gasteiger partial charge is 0.275 e. The SMILES string of the molecule is CON(C)C(=O)C[C@@H](NS(=O)C(C)(C)C)c1ccccc1. The molecule has 1 N–H and O–H groups in total. The van der Waals surface area contributed by atoms with Crippen LogP contribution >= 0.6 is 0 Å². The lowest BCUT2D eigenvalue weighted by Crippen LogP contribution is -2.38. The lowest BCUT2D eigenvalue weighted by molar-refractivity contribution is -0.169. The standard InChI is InChI=1S/C15H24N2O3S/c1-15(2,3)21(19)16-13(11-14(18)17(4)20-5)12-9-7-6-8-10-12/h6-10,13,16H,11H2,1-5H3/t13-,21?/m1/s1. The third kappa shape index (κ3) is 5.57. The van der Waals surface area contributed by atoms with Crippen LogP contribution < -0.4 is 4.72 Å². The van der Waals surface area contributed by atoms with Crippen LogP contribution in [-0.2, 0) is 20.6 Å². The van der Waals surface area contributed by atoms with Crippen molar-refractivity contribution in [1.29, 1.82) is 0 Å². The number of nitrogens with zero attached hydrogens (tertiary/aromatic N) is 1. The van der Waals surface area contributed by atoms with Crippen LogP contribution in [0.4, 0.5) is 0 Å². The van der Waals surface area contributed by atoms with E-state index in [1.165, 1.54) is 12.2 Å². The highest BCUT2D eigenvalue weighted by atomic mass is 32.2. The zero-order chi connectivity index (χ0) is 16.0. The summed E-state index contributed by atoms with van der Waals surface area (Å²) in [6.45, 7) is 5.67. The Kier molecular flexibility index (Phi) is 6.51. The van der Waals surface area contributed by atoms with E-state index in [0.717, 1.165) is 5.56 Å². The van der Waals surface area contributed by atoms with Crippen molar-refractivity contribution in [3.05, 3.63) is 35.9 Å². The van der Waals surface area contributed by atoms with Gasteiger partial charge < -0.3 is 0 Å². The van der Waals surface area contributed by atoms with E-state index in [-0.39, 0.29) is 18.4 Å². The average molecular weight is 312 g/mol. The third-order valence-electron chi connectivity index (χ3n) is 3.01. The monoisotopic (exact) mass is 312 g/mol. The van der Waals surface area contributed by atoms with E-state index in [2.05, 4.69) is 4.72 Å². The van der Waals surface area contributed by atoms with Crippen LogP contribution in [0, 0.1) is 0 Å². The second-order valence-electron chi connectivity index (χ2n) is 5.74. The lowest BCUT2D eigenvalue weighted by atomic mass is 10.0. The van der Waals surface area contributed by atoms with Crippen molar-refractivity contribution >= 4 is 16.9 Å². The van der Waals surface area contributed by atoms with Crippen LogP contribution in [0.3, 0.4) is 0 Å². The number of benzene rings is 1. The molecule has 1 aromatic rings. The fourth-order valence-corrected chi connectivity index (χ4v) is 2.46. The normalized spacial score (nSPS) is 14.5. The molecule has 0 spiro atoms. The summed E-state index contributed by atoms with van der Waals surface area (Å²) in [5.74, 6) is -0.176. The zero-order valence-corrected chi connectivity index (χ0v) is 14.1. The molecule has 0 aliphatic carbocycles. The van der Waals surface area contributed by atoms with Crippen LogP contribution in [0.5, 0.6) is 0 Å². The Morgan fingerprint density at radius 3 is 2.38 bits per heavy atom. The van der Waals surface area contributed by atoms with Crippen molar-refractivity contribution in [1.82, 2.24) is 9.79 Å². The maximum Gasteiger partial charge on any atom is 0.247 e. The van der Waals surface area contributed by atoms with Crippen molar-refractivity contribution in [3.8, 4) is 0 Å². The summed E-state index contributed by atoms with van der Waals surface area (Å²) in [7, 11) is 1.74. The number of hydrogen-bond donors (Lipinski definition) is 1. The Morgan fingerprint density at radius 1 is 1.33 bits per heavy atom. The molecule has 5 nitrogen and oxygen atoms in total. The van der Waals surface area contributed by atoms with Crippen molar-refractivity contribution in [2.24, 2.45) is 0 Å². The number of hydrogen-bond acceptors (Lipinski definition) is 3. The van der Waals surface area contributed by atoms with Crippen LogP contribution in [0.1, 0.15) is 38.8 Å². The Labute approximate surface area is 129 Å². The van der Waals surface area contributed by atoms with Crippen molar-refractivity contribution in [2.75, 3.05) is 14.2 Å². The molecule has 2 atom stereocenters. The first-order chi connectivity index (χ1) is 9.75. The van der Waals surface area contributed by atoms with Crippen molar-refractivity contribution in [2.45, 2.75) is 38.0 Å². The van der Waals surface area contributed by atoms with Gasteiger partial charge in [-0.25, -0.2) is 14.0 Å². The van der Waals surface area contributed by atoms with Gasteiger partial charge in [-0.1, -0.05) is 30.3 Å². The summed E-state index contributed by atoms with van der Waals surface area (Å²) in [6, 6.07) is 9.21. The van der Waals surface area contributed by atoms with Gasteiger partial charge in [0.25, 0.3) is 0 Å². The number of rotatable bonds is 6. The molecule has 0 aliphatic rings. The molecule has 0 heterocycles. The zero-order valence-electron chi connectivity index (χ0n) is 13.3. The van der Waals surface area contributed by atoms with Gasteiger partial charge in [0.2, 0.25) is 5.91 Å². The van der Waals surface area contributed by atoms with E-state index in [1.807, 2.05) is 51.1 Å². The topological polar surface area (TPSA) is 58.6 Å². The van der Waals surface area contributed by atoms with E-state index in [9.17, 15) is 9.00 Å². The number of hydroxylamine groups is 2. The van der Waals surface area contributed by atoms with Gasteiger partial charge in [-0.15, -0.1) is 0 Å². The molecule has 21 heavy (non-hydrogen) atoms.